The monoisotopic (exact) mass is 236 g/mol. The lowest BCUT2D eigenvalue weighted by Crippen LogP contribution is -1.95. The summed E-state index contributed by atoms with van der Waals surface area (Å²) in [6, 6.07) is 0. The van der Waals surface area contributed by atoms with Crippen molar-refractivity contribution in [3.05, 3.63) is 0 Å². The first-order valence-electron chi connectivity index (χ1n) is 5.20. The average molecular weight is 236 g/mol. The van der Waals surface area contributed by atoms with Crippen LogP contribution in [-0.4, -0.2) is 45.6 Å². The van der Waals surface area contributed by atoms with E-state index in [0.717, 1.165) is 12.8 Å². The summed E-state index contributed by atoms with van der Waals surface area (Å²) < 4.78 is 0. The summed E-state index contributed by atoms with van der Waals surface area (Å²) in [5.41, 5.74) is 0. The Balaban J connectivity index is 0. The van der Waals surface area contributed by atoms with Gasteiger partial charge >= 0.3 is 11.9 Å². The van der Waals surface area contributed by atoms with Crippen LogP contribution < -0.4 is 0 Å². The van der Waals surface area contributed by atoms with Crippen molar-refractivity contribution in [1.29, 1.82) is 0 Å². The van der Waals surface area contributed by atoms with E-state index in [9.17, 15) is 9.59 Å². The van der Waals surface area contributed by atoms with Crippen molar-refractivity contribution in [2.45, 2.75) is 38.5 Å². The van der Waals surface area contributed by atoms with Gasteiger partial charge in [-0.05, 0) is 12.8 Å². The van der Waals surface area contributed by atoms with Gasteiger partial charge in [0.15, 0.2) is 0 Å². The summed E-state index contributed by atoms with van der Waals surface area (Å²) in [7, 11) is 0. The highest BCUT2D eigenvalue weighted by Crippen LogP contribution is 2.04. The Morgan fingerprint density at radius 3 is 1.19 bits per heavy atom. The Kier molecular flexibility index (Phi) is 15.0. The second-order valence-electron chi connectivity index (χ2n) is 3.15. The number of rotatable bonds is 8. The summed E-state index contributed by atoms with van der Waals surface area (Å²) in [5, 5.41) is 31.8. The molecule has 0 rings (SSSR count). The van der Waals surface area contributed by atoms with Crippen molar-refractivity contribution < 1.29 is 30.0 Å². The molecule has 0 aromatic rings. The molecule has 0 aliphatic rings. The highest BCUT2D eigenvalue weighted by atomic mass is 16.4. The van der Waals surface area contributed by atoms with Gasteiger partial charge < -0.3 is 20.4 Å². The molecule has 6 heteroatoms. The minimum atomic E-state index is -0.784. The largest absolute Gasteiger partial charge is 0.481 e. The second kappa shape index (κ2) is 13.9. The Labute approximate surface area is 94.5 Å². The third-order valence-corrected chi connectivity index (χ3v) is 1.63. The van der Waals surface area contributed by atoms with Crippen molar-refractivity contribution in [3.63, 3.8) is 0 Å². The molecule has 0 amide bonds. The van der Waals surface area contributed by atoms with Gasteiger partial charge in [-0.15, -0.1) is 0 Å². The lowest BCUT2D eigenvalue weighted by molar-refractivity contribution is -0.138. The third-order valence-electron chi connectivity index (χ3n) is 1.63. The van der Waals surface area contributed by atoms with Gasteiger partial charge in [-0.3, -0.25) is 9.59 Å². The molecular weight excluding hydrogens is 216 g/mol. The van der Waals surface area contributed by atoms with Crippen molar-refractivity contribution in [2.24, 2.45) is 0 Å². The van der Waals surface area contributed by atoms with E-state index in [4.69, 9.17) is 20.4 Å². The molecule has 0 aliphatic carbocycles. The summed E-state index contributed by atoms with van der Waals surface area (Å²) in [4.78, 5) is 20.1. The predicted octanol–water partition coefficient (Wildman–Crippen LogP) is 0.467. The van der Waals surface area contributed by atoms with Gasteiger partial charge in [0.25, 0.3) is 0 Å². The van der Waals surface area contributed by atoms with E-state index in [0.29, 0.717) is 12.8 Å². The van der Waals surface area contributed by atoms with Crippen LogP contribution in [0, 0.1) is 0 Å². The number of carboxylic acid groups (broad SMARTS) is 2. The summed E-state index contributed by atoms with van der Waals surface area (Å²) in [5.74, 6) is -1.57. The van der Waals surface area contributed by atoms with Crippen LogP contribution >= 0.6 is 0 Å². The SMILES string of the molecule is O=C(O)CCCCCCC(=O)O.OCCO. The number of carboxylic acids is 2. The van der Waals surface area contributed by atoms with Crippen LogP contribution in [0.3, 0.4) is 0 Å². The van der Waals surface area contributed by atoms with Crippen LogP contribution in [0.25, 0.3) is 0 Å². The van der Waals surface area contributed by atoms with Crippen molar-refractivity contribution >= 4 is 11.9 Å². The molecule has 0 unspecified atom stereocenters. The highest BCUT2D eigenvalue weighted by Gasteiger charge is 1.98. The van der Waals surface area contributed by atoms with E-state index in [1.54, 1.807) is 0 Å². The number of hydrogen-bond acceptors (Lipinski definition) is 4. The standard InChI is InChI=1S/C8H14O4.C2H6O2/c9-7(10)5-3-1-2-4-6-8(11)12;3-1-2-4/h1-6H2,(H,9,10)(H,11,12);3-4H,1-2H2. The maximum Gasteiger partial charge on any atom is 0.303 e. The lowest BCUT2D eigenvalue weighted by Gasteiger charge is -1.96. The normalized spacial score (nSPS) is 9.12. The van der Waals surface area contributed by atoms with Crippen LogP contribution in [0.2, 0.25) is 0 Å². The number of aliphatic hydroxyl groups is 2. The summed E-state index contributed by atoms with van der Waals surface area (Å²) in [6.45, 7) is -0.250. The second-order valence-corrected chi connectivity index (χ2v) is 3.15. The first-order chi connectivity index (χ1) is 7.54. The van der Waals surface area contributed by atoms with Gasteiger partial charge in [-0.2, -0.15) is 0 Å². The zero-order valence-electron chi connectivity index (χ0n) is 9.26. The van der Waals surface area contributed by atoms with Crippen molar-refractivity contribution in [2.75, 3.05) is 13.2 Å². The molecule has 0 fully saturated rings. The summed E-state index contributed by atoms with van der Waals surface area (Å²) >= 11 is 0. The van der Waals surface area contributed by atoms with Gasteiger partial charge in [0, 0.05) is 12.8 Å². The fraction of sp³-hybridized carbons (Fsp3) is 0.800. The lowest BCUT2D eigenvalue weighted by atomic mass is 10.1. The van der Waals surface area contributed by atoms with Gasteiger partial charge in [-0.25, -0.2) is 0 Å². The van der Waals surface area contributed by atoms with Crippen LogP contribution in [0.15, 0.2) is 0 Å². The first kappa shape index (κ1) is 17.3. The van der Waals surface area contributed by atoms with Crippen LogP contribution in [0.4, 0.5) is 0 Å². The van der Waals surface area contributed by atoms with Crippen molar-refractivity contribution in [3.8, 4) is 0 Å². The smallest absolute Gasteiger partial charge is 0.303 e. The fourth-order valence-electron chi connectivity index (χ4n) is 0.906. The molecule has 6 nitrogen and oxygen atoms in total. The van der Waals surface area contributed by atoms with Crippen molar-refractivity contribution in [1.82, 2.24) is 0 Å². The van der Waals surface area contributed by atoms with Crippen LogP contribution in [0.5, 0.6) is 0 Å². The Hall–Kier alpha value is -1.14. The molecule has 0 saturated heterocycles. The van der Waals surface area contributed by atoms with E-state index < -0.39 is 11.9 Å². The highest BCUT2D eigenvalue weighted by molar-refractivity contribution is 5.66. The third kappa shape index (κ3) is 23.0. The minimum Gasteiger partial charge on any atom is -0.481 e. The van der Waals surface area contributed by atoms with E-state index in [2.05, 4.69) is 0 Å². The van der Waals surface area contributed by atoms with Gasteiger partial charge in [0.05, 0.1) is 13.2 Å². The molecule has 4 N–H and O–H groups in total. The molecule has 0 heterocycles. The molecular formula is C10H20O6. The van der Waals surface area contributed by atoms with Gasteiger partial charge in [0.2, 0.25) is 0 Å². The number of hydrogen-bond donors (Lipinski definition) is 4. The number of aliphatic carboxylic acids is 2. The molecule has 0 aromatic carbocycles. The molecule has 0 aromatic heterocycles. The van der Waals surface area contributed by atoms with E-state index in [-0.39, 0.29) is 26.1 Å². The predicted molar refractivity (Wildman–Crippen MR) is 57.1 cm³/mol. The molecule has 0 aliphatic heterocycles. The minimum absolute atomic E-state index is 0.125. The Bertz CT molecular complexity index is 160. The number of carbonyl (C=O) groups is 2. The van der Waals surface area contributed by atoms with Crippen LogP contribution in [-0.2, 0) is 9.59 Å². The molecule has 96 valence electrons. The maximum absolute atomic E-state index is 10.0. The Morgan fingerprint density at radius 2 is 1.00 bits per heavy atom. The van der Waals surface area contributed by atoms with E-state index in [1.807, 2.05) is 0 Å². The molecule has 0 radical (unpaired) electrons. The number of aliphatic hydroxyl groups excluding tert-OH is 2. The molecule has 0 saturated carbocycles. The molecule has 0 spiro atoms. The maximum atomic E-state index is 10.0. The molecule has 0 atom stereocenters. The van der Waals surface area contributed by atoms with Crippen LogP contribution in [0.1, 0.15) is 38.5 Å². The van der Waals surface area contributed by atoms with Gasteiger partial charge in [0.1, 0.15) is 0 Å². The zero-order chi connectivity index (χ0) is 12.8. The summed E-state index contributed by atoms with van der Waals surface area (Å²) in [6.07, 6.45) is 3.28. The molecule has 16 heavy (non-hydrogen) atoms. The Morgan fingerprint density at radius 1 is 0.688 bits per heavy atom. The quantitative estimate of drug-likeness (QED) is 0.455. The topological polar surface area (TPSA) is 115 Å². The zero-order valence-corrected chi connectivity index (χ0v) is 9.26. The van der Waals surface area contributed by atoms with E-state index >= 15 is 0 Å². The molecule has 0 bridgehead atoms. The fourth-order valence-corrected chi connectivity index (χ4v) is 0.906. The van der Waals surface area contributed by atoms with E-state index in [1.165, 1.54) is 0 Å². The first-order valence-corrected chi connectivity index (χ1v) is 5.20. The number of unbranched alkanes of at least 4 members (excludes halogenated alkanes) is 3. The average Bonchev–Trinajstić information content (AvgIpc) is 2.23. The van der Waals surface area contributed by atoms with Gasteiger partial charge in [-0.1, -0.05) is 12.8 Å².